The number of rotatable bonds is 13. The summed E-state index contributed by atoms with van der Waals surface area (Å²) in [5, 5.41) is 16.2. The third-order valence-electron chi connectivity index (χ3n) is 10.8. The van der Waals surface area contributed by atoms with Crippen LogP contribution in [0.15, 0.2) is 42.5 Å². The molecule has 11 nitrogen and oxygen atoms in total. The van der Waals surface area contributed by atoms with Gasteiger partial charge in [-0.1, -0.05) is 51.8 Å². The number of carbonyl (C=O) groups is 4. The topological polar surface area (TPSA) is 141 Å². The number of amides is 4. The van der Waals surface area contributed by atoms with Gasteiger partial charge in [-0.05, 0) is 86.1 Å². The molecule has 1 spiro atoms. The average Bonchev–Trinajstić information content (AvgIpc) is 4.00. The molecule has 4 atom stereocenters. The van der Waals surface area contributed by atoms with E-state index in [4.69, 9.17) is 9.47 Å². The number of para-hydroxylation sites is 1. The summed E-state index contributed by atoms with van der Waals surface area (Å²) in [4.78, 5) is 59.3. The van der Waals surface area contributed by atoms with Crippen LogP contribution in [0.1, 0.15) is 101 Å². The number of fused-ring (bicyclic) bond motifs is 2. The van der Waals surface area contributed by atoms with Crippen LogP contribution in [0.3, 0.4) is 0 Å². The molecule has 0 radical (unpaired) electrons. The van der Waals surface area contributed by atoms with Gasteiger partial charge in [0, 0.05) is 31.3 Å². The lowest BCUT2D eigenvalue weighted by Crippen LogP contribution is -2.56. The number of likely N-dealkylation sites (tertiary alicyclic amines) is 1. The van der Waals surface area contributed by atoms with Crippen LogP contribution in [0, 0.1) is 22.7 Å². The highest BCUT2D eigenvalue weighted by Gasteiger charge is 2.57. The molecular weight excluding hydrogens is 646 g/mol. The van der Waals surface area contributed by atoms with Gasteiger partial charge in [0.05, 0.1) is 23.7 Å². The van der Waals surface area contributed by atoms with Crippen molar-refractivity contribution in [2.45, 2.75) is 121 Å². The summed E-state index contributed by atoms with van der Waals surface area (Å²) < 4.78 is 12.2. The molecule has 1 saturated heterocycles. The third-order valence-corrected chi connectivity index (χ3v) is 10.8. The monoisotopic (exact) mass is 695 g/mol. The smallest absolute Gasteiger partial charge is 0.252 e. The van der Waals surface area contributed by atoms with Crippen LogP contribution in [0.25, 0.3) is 0 Å². The molecule has 3 saturated carbocycles. The highest BCUT2D eigenvalue weighted by atomic mass is 16.5. The van der Waals surface area contributed by atoms with Crippen molar-refractivity contribution in [3.05, 3.63) is 53.6 Å². The minimum absolute atomic E-state index is 0.0448. The lowest BCUT2D eigenvalue weighted by Gasteiger charge is -2.37. The molecule has 0 unspecified atom stereocenters. The predicted molar refractivity (Wildman–Crippen MR) is 190 cm³/mol. The Labute approximate surface area is 300 Å². The molecule has 51 heavy (non-hydrogen) atoms. The molecule has 5 aliphatic rings. The molecule has 7 rings (SSSR count). The van der Waals surface area contributed by atoms with E-state index in [1.165, 1.54) is 9.80 Å². The van der Waals surface area contributed by atoms with Crippen molar-refractivity contribution in [3.63, 3.8) is 0 Å². The van der Waals surface area contributed by atoms with E-state index < -0.39 is 29.4 Å². The van der Waals surface area contributed by atoms with Crippen molar-refractivity contribution in [3.8, 4) is 17.6 Å². The minimum Gasteiger partial charge on any atom is -0.487 e. The highest BCUT2D eigenvalue weighted by Crippen LogP contribution is 2.47. The van der Waals surface area contributed by atoms with Gasteiger partial charge in [0.25, 0.3) is 5.91 Å². The van der Waals surface area contributed by atoms with E-state index in [1.54, 1.807) is 25.2 Å². The van der Waals surface area contributed by atoms with Gasteiger partial charge in [-0.3, -0.25) is 19.2 Å². The molecular formula is C40H49N5O6. The second-order valence-electron chi connectivity index (χ2n) is 16.5. The summed E-state index contributed by atoms with van der Waals surface area (Å²) in [5.41, 5.74) is 0.447. The summed E-state index contributed by atoms with van der Waals surface area (Å²) in [6.45, 7) is 6.06. The van der Waals surface area contributed by atoms with Gasteiger partial charge in [-0.25, -0.2) is 0 Å². The van der Waals surface area contributed by atoms with E-state index >= 15 is 0 Å². The molecule has 2 heterocycles. The van der Waals surface area contributed by atoms with Crippen molar-refractivity contribution in [1.82, 2.24) is 15.1 Å². The summed E-state index contributed by atoms with van der Waals surface area (Å²) in [6.07, 6.45) is 8.15. The maximum absolute atomic E-state index is 14.6. The molecule has 270 valence electrons. The first-order valence-corrected chi connectivity index (χ1v) is 18.5. The molecule has 2 aromatic rings. The van der Waals surface area contributed by atoms with E-state index in [1.807, 2.05) is 45.0 Å². The number of ether oxygens (including phenoxy) is 2. The number of hydrogen-bond donors (Lipinski definition) is 2. The number of anilines is 1. The molecule has 2 aromatic carbocycles. The average molecular weight is 696 g/mol. The number of benzene rings is 2. The maximum Gasteiger partial charge on any atom is 0.252 e. The van der Waals surface area contributed by atoms with Crippen LogP contribution in [0.5, 0.6) is 11.5 Å². The van der Waals surface area contributed by atoms with E-state index in [2.05, 4.69) is 16.7 Å². The minimum atomic E-state index is -1.04. The van der Waals surface area contributed by atoms with Crippen molar-refractivity contribution >= 4 is 29.3 Å². The van der Waals surface area contributed by atoms with Crippen LogP contribution in [-0.4, -0.2) is 77.4 Å². The Hall–Kier alpha value is -4.59. The zero-order valence-corrected chi connectivity index (χ0v) is 30.1. The molecule has 2 aliphatic heterocycles. The van der Waals surface area contributed by atoms with E-state index in [0.717, 1.165) is 50.5 Å². The van der Waals surface area contributed by atoms with Gasteiger partial charge in [-0.15, -0.1) is 0 Å². The quantitative estimate of drug-likeness (QED) is 0.289. The largest absolute Gasteiger partial charge is 0.487 e. The second kappa shape index (κ2) is 13.5. The van der Waals surface area contributed by atoms with Gasteiger partial charge >= 0.3 is 0 Å². The zero-order valence-electron chi connectivity index (χ0n) is 30.1. The van der Waals surface area contributed by atoms with Crippen molar-refractivity contribution in [2.75, 3.05) is 18.9 Å². The Morgan fingerprint density at radius 2 is 1.73 bits per heavy atom. The van der Waals surface area contributed by atoms with Crippen LogP contribution >= 0.6 is 0 Å². The van der Waals surface area contributed by atoms with Gasteiger partial charge in [-0.2, -0.15) is 5.26 Å². The second-order valence-corrected chi connectivity index (χ2v) is 16.5. The van der Waals surface area contributed by atoms with Crippen LogP contribution in [0.4, 0.5) is 5.69 Å². The Bertz CT molecular complexity index is 1750. The molecule has 4 fully saturated rings. The first kappa shape index (κ1) is 34.8. The van der Waals surface area contributed by atoms with Crippen molar-refractivity contribution < 1.29 is 28.7 Å². The molecule has 0 bridgehead atoms. The van der Waals surface area contributed by atoms with Crippen LogP contribution in [0.2, 0.25) is 0 Å². The Kier molecular flexibility index (Phi) is 9.23. The SMILES string of the molecule is CN(C(=O)[C@H](CCC1CC1)NC(=O)c1ccc(OC2CC2)c(OC2CC2)c1)[C@@H](CC(C)(C)C)C(=O)N1C[C@]2(C[C@H]1C#N)C(=O)Nc1ccccc12. The fraction of sp³-hybridized carbons (Fsp3) is 0.575. The van der Waals surface area contributed by atoms with Crippen LogP contribution in [-0.2, 0) is 19.8 Å². The molecule has 0 aromatic heterocycles. The summed E-state index contributed by atoms with van der Waals surface area (Å²) in [6, 6.07) is 12.2. The molecule has 3 aliphatic carbocycles. The number of nitriles is 1. The number of nitrogens with zero attached hydrogens (tertiary/aromatic N) is 3. The Morgan fingerprint density at radius 1 is 1.04 bits per heavy atom. The molecule has 11 heteroatoms. The third kappa shape index (κ3) is 7.56. The lowest BCUT2D eigenvalue weighted by atomic mass is 9.80. The molecule has 4 amide bonds. The number of nitrogens with one attached hydrogen (secondary N) is 2. The van der Waals surface area contributed by atoms with Gasteiger partial charge in [0.2, 0.25) is 17.7 Å². The van der Waals surface area contributed by atoms with Gasteiger partial charge in [0.15, 0.2) is 11.5 Å². The lowest BCUT2D eigenvalue weighted by molar-refractivity contribution is -0.147. The van der Waals surface area contributed by atoms with E-state index in [9.17, 15) is 24.4 Å². The maximum atomic E-state index is 14.6. The first-order valence-electron chi connectivity index (χ1n) is 18.5. The first-order chi connectivity index (χ1) is 24.3. The van der Waals surface area contributed by atoms with Crippen molar-refractivity contribution in [2.24, 2.45) is 11.3 Å². The predicted octanol–water partition coefficient (Wildman–Crippen LogP) is 5.34. The molecule has 2 N–H and O–H groups in total. The van der Waals surface area contributed by atoms with Gasteiger partial charge in [0.1, 0.15) is 18.1 Å². The summed E-state index contributed by atoms with van der Waals surface area (Å²) in [7, 11) is 1.61. The summed E-state index contributed by atoms with van der Waals surface area (Å²) >= 11 is 0. The number of likely N-dealkylation sites (N-methyl/N-ethyl adjacent to an activating group) is 1. The Balaban J connectivity index is 1.12. The highest BCUT2D eigenvalue weighted by molar-refractivity contribution is 6.07. The fourth-order valence-corrected chi connectivity index (χ4v) is 7.42. The number of carbonyl (C=O) groups excluding carboxylic acids is 4. The summed E-state index contributed by atoms with van der Waals surface area (Å²) in [5.74, 6) is 0.333. The fourth-order valence-electron chi connectivity index (χ4n) is 7.42. The van der Waals surface area contributed by atoms with Crippen molar-refractivity contribution in [1.29, 1.82) is 5.26 Å². The number of hydrogen-bond acceptors (Lipinski definition) is 7. The zero-order chi connectivity index (χ0) is 36.1. The standard InChI is InChI=1S/C40H49N5O6/c1-39(2,3)21-32(37(48)45-23-40(20-26(45)22-41)29-7-5-6-8-30(29)43-38(40)49)44(4)36(47)31(17-11-24-9-10-24)42-35(46)25-12-18-33(50-27-13-14-27)34(19-25)51-28-15-16-28/h5-8,12,18-19,24,26-28,31-32H,9-11,13-17,20-21,23H2,1-4H3,(H,42,46)(H,43,49)/t26-,31-,32-,40-/m0/s1. The van der Waals surface area contributed by atoms with Gasteiger partial charge < -0.3 is 29.9 Å². The normalized spacial score (nSPS) is 23.5. The Morgan fingerprint density at radius 3 is 2.37 bits per heavy atom. The van der Waals surface area contributed by atoms with E-state index in [-0.39, 0.29) is 48.3 Å². The van der Waals surface area contributed by atoms with E-state index in [0.29, 0.717) is 41.5 Å². The van der Waals surface area contributed by atoms with Crippen LogP contribution < -0.4 is 20.1 Å².